The molecular formula is C14H25NOSi. The van der Waals surface area contributed by atoms with Crippen molar-refractivity contribution in [2.45, 2.75) is 45.5 Å². The van der Waals surface area contributed by atoms with Gasteiger partial charge in [0.05, 0.1) is 6.61 Å². The normalized spacial score (nSPS) is 12.6. The van der Waals surface area contributed by atoms with Gasteiger partial charge in [-0.1, -0.05) is 32.9 Å². The third kappa shape index (κ3) is 3.86. The van der Waals surface area contributed by atoms with Crippen molar-refractivity contribution < 1.29 is 4.43 Å². The van der Waals surface area contributed by atoms with Gasteiger partial charge in [-0.05, 0) is 35.8 Å². The van der Waals surface area contributed by atoms with Gasteiger partial charge in [-0.15, -0.1) is 0 Å². The molecule has 17 heavy (non-hydrogen) atoms. The maximum absolute atomic E-state index is 6.19. The van der Waals surface area contributed by atoms with E-state index in [2.05, 4.69) is 63.4 Å². The maximum atomic E-state index is 6.19. The van der Waals surface area contributed by atoms with Crippen molar-refractivity contribution >= 4 is 14.0 Å². The van der Waals surface area contributed by atoms with Crippen LogP contribution in [0.5, 0.6) is 0 Å². The van der Waals surface area contributed by atoms with Crippen molar-refractivity contribution in [3.63, 3.8) is 0 Å². The monoisotopic (exact) mass is 251 g/mol. The number of hydrogen-bond acceptors (Lipinski definition) is 2. The molecule has 0 saturated heterocycles. The van der Waals surface area contributed by atoms with Crippen molar-refractivity contribution in [2.24, 2.45) is 0 Å². The average Bonchev–Trinajstić information content (AvgIpc) is 2.25. The molecule has 0 fully saturated rings. The summed E-state index contributed by atoms with van der Waals surface area (Å²) in [5, 5.41) is 3.42. The lowest BCUT2D eigenvalue weighted by Crippen LogP contribution is -2.40. The summed E-state index contributed by atoms with van der Waals surface area (Å²) in [6.45, 7) is 12.1. The number of nitrogens with one attached hydrogen (secondary N) is 1. The summed E-state index contributed by atoms with van der Waals surface area (Å²) in [5.41, 5.74) is 2.38. The minimum atomic E-state index is -1.64. The number of anilines is 1. The molecule has 0 aromatic heterocycles. The molecule has 1 aromatic rings. The molecule has 0 radical (unpaired) electrons. The van der Waals surface area contributed by atoms with E-state index in [-0.39, 0.29) is 5.04 Å². The zero-order chi connectivity index (χ0) is 13.1. The molecule has 0 unspecified atom stereocenters. The summed E-state index contributed by atoms with van der Waals surface area (Å²) >= 11 is 0. The smallest absolute Gasteiger partial charge is 0.192 e. The van der Waals surface area contributed by atoms with Gasteiger partial charge in [0.15, 0.2) is 8.32 Å². The van der Waals surface area contributed by atoms with E-state index in [0.29, 0.717) is 6.61 Å². The van der Waals surface area contributed by atoms with Gasteiger partial charge < -0.3 is 9.74 Å². The molecule has 0 aliphatic rings. The first-order valence-electron chi connectivity index (χ1n) is 6.17. The molecule has 3 heteroatoms. The van der Waals surface area contributed by atoms with Crippen LogP contribution in [0.2, 0.25) is 18.1 Å². The van der Waals surface area contributed by atoms with Crippen LogP contribution < -0.4 is 5.32 Å². The third-order valence-corrected chi connectivity index (χ3v) is 8.10. The Balaban J connectivity index is 2.67. The van der Waals surface area contributed by atoms with Gasteiger partial charge in [0, 0.05) is 12.7 Å². The van der Waals surface area contributed by atoms with Crippen molar-refractivity contribution in [1.29, 1.82) is 0 Å². The summed E-state index contributed by atoms with van der Waals surface area (Å²) in [6.07, 6.45) is 0. The fraction of sp³-hybridized carbons (Fsp3) is 0.571. The van der Waals surface area contributed by atoms with E-state index in [1.54, 1.807) is 0 Å². The van der Waals surface area contributed by atoms with Crippen LogP contribution in [0, 0.1) is 0 Å². The predicted molar refractivity (Wildman–Crippen MR) is 78.0 cm³/mol. The summed E-state index contributed by atoms with van der Waals surface area (Å²) in [6, 6.07) is 8.40. The van der Waals surface area contributed by atoms with Crippen LogP contribution in [0.15, 0.2) is 24.3 Å². The van der Waals surface area contributed by atoms with Crippen molar-refractivity contribution in [3.8, 4) is 0 Å². The Hall–Kier alpha value is -0.803. The quantitative estimate of drug-likeness (QED) is 0.808. The molecule has 0 bridgehead atoms. The molecule has 0 aliphatic heterocycles. The summed E-state index contributed by atoms with van der Waals surface area (Å²) in [7, 11) is 0.303. The first-order chi connectivity index (χ1) is 7.76. The fourth-order valence-corrected chi connectivity index (χ4v) is 2.26. The van der Waals surface area contributed by atoms with Crippen LogP contribution in [0.25, 0.3) is 0 Å². The molecule has 0 aliphatic carbocycles. The molecule has 96 valence electrons. The van der Waals surface area contributed by atoms with Crippen LogP contribution in [0.4, 0.5) is 5.69 Å². The minimum absolute atomic E-state index is 0.271. The molecule has 0 amide bonds. The van der Waals surface area contributed by atoms with Crippen LogP contribution in [-0.2, 0) is 11.0 Å². The molecule has 1 N–H and O–H groups in total. The summed E-state index contributed by atoms with van der Waals surface area (Å²) in [5.74, 6) is 0. The lowest BCUT2D eigenvalue weighted by Gasteiger charge is -2.36. The van der Waals surface area contributed by atoms with E-state index in [0.717, 1.165) is 5.69 Å². The lowest BCUT2D eigenvalue weighted by molar-refractivity contribution is 0.276. The Bertz CT molecular complexity index is 369. The van der Waals surface area contributed by atoms with Gasteiger partial charge in [0.2, 0.25) is 0 Å². The molecule has 0 spiro atoms. The molecular weight excluding hydrogens is 226 g/mol. The van der Waals surface area contributed by atoms with Crippen molar-refractivity contribution in [3.05, 3.63) is 29.8 Å². The molecule has 1 aromatic carbocycles. The Labute approximate surface area is 107 Å². The second-order valence-electron chi connectivity index (χ2n) is 6.00. The van der Waals surface area contributed by atoms with E-state index in [4.69, 9.17) is 4.43 Å². The highest BCUT2D eigenvalue weighted by atomic mass is 28.4. The van der Waals surface area contributed by atoms with Gasteiger partial charge >= 0.3 is 0 Å². The highest BCUT2D eigenvalue weighted by Crippen LogP contribution is 2.37. The first-order valence-corrected chi connectivity index (χ1v) is 9.08. The fourth-order valence-electron chi connectivity index (χ4n) is 1.30. The van der Waals surface area contributed by atoms with E-state index >= 15 is 0 Å². The summed E-state index contributed by atoms with van der Waals surface area (Å²) in [4.78, 5) is 0. The van der Waals surface area contributed by atoms with Gasteiger partial charge in [-0.3, -0.25) is 0 Å². The van der Waals surface area contributed by atoms with Crippen molar-refractivity contribution in [2.75, 3.05) is 12.4 Å². The van der Waals surface area contributed by atoms with E-state index in [1.165, 1.54) is 5.56 Å². The van der Waals surface area contributed by atoms with Gasteiger partial charge in [0.1, 0.15) is 0 Å². The zero-order valence-electron chi connectivity index (χ0n) is 11.9. The Morgan fingerprint density at radius 3 is 2.41 bits per heavy atom. The summed E-state index contributed by atoms with van der Waals surface area (Å²) < 4.78 is 6.19. The van der Waals surface area contributed by atoms with Gasteiger partial charge in [-0.2, -0.15) is 0 Å². The van der Waals surface area contributed by atoms with Gasteiger partial charge in [-0.25, -0.2) is 0 Å². The molecule has 0 atom stereocenters. The Morgan fingerprint density at radius 1 is 1.24 bits per heavy atom. The average molecular weight is 251 g/mol. The second kappa shape index (κ2) is 5.23. The van der Waals surface area contributed by atoms with Crippen LogP contribution in [-0.4, -0.2) is 15.4 Å². The third-order valence-electron chi connectivity index (χ3n) is 3.62. The maximum Gasteiger partial charge on any atom is 0.192 e. The van der Waals surface area contributed by atoms with Crippen LogP contribution in [0.1, 0.15) is 26.3 Å². The van der Waals surface area contributed by atoms with Crippen LogP contribution in [0.3, 0.4) is 0 Å². The molecule has 0 heterocycles. The Morgan fingerprint density at radius 2 is 1.88 bits per heavy atom. The lowest BCUT2D eigenvalue weighted by atomic mass is 10.2. The van der Waals surface area contributed by atoms with Crippen molar-refractivity contribution in [1.82, 2.24) is 0 Å². The van der Waals surface area contributed by atoms with Gasteiger partial charge in [0.25, 0.3) is 0 Å². The number of benzene rings is 1. The van der Waals surface area contributed by atoms with E-state index < -0.39 is 8.32 Å². The predicted octanol–water partition coefficient (Wildman–Crippen LogP) is 4.25. The minimum Gasteiger partial charge on any atom is -0.413 e. The largest absolute Gasteiger partial charge is 0.413 e. The number of hydrogen-bond donors (Lipinski definition) is 1. The van der Waals surface area contributed by atoms with Crippen LogP contribution >= 0.6 is 0 Å². The number of rotatable bonds is 4. The van der Waals surface area contributed by atoms with E-state index in [9.17, 15) is 0 Å². The Kier molecular flexibility index (Phi) is 4.39. The second-order valence-corrected chi connectivity index (χ2v) is 10.8. The van der Waals surface area contributed by atoms with E-state index in [1.807, 2.05) is 7.05 Å². The first kappa shape index (κ1) is 14.3. The molecule has 1 rings (SSSR count). The molecule has 2 nitrogen and oxygen atoms in total. The highest BCUT2D eigenvalue weighted by molar-refractivity contribution is 6.74. The highest BCUT2D eigenvalue weighted by Gasteiger charge is 2.36. The standard InChI is InChI=1S/C14H25NOSi/c1-14(2,3)17(5,6)16-11-12-8-7-9-13(10-12)15-4/h7-10,15H,11H2,1-6H3. The topological polar surface area (TPSA) is 21.3 Å². The SMILES string of the molecule is CNc1cccc(CO[Si](C)(C)C(C)(C)C)c1. The zero-order valence-corrected chi connectivity index (χ0v) is 12.9. The molecule has 0 saturated carbocycles.